The van der Waals surface area contributed by atoms with Crippen LogP contribution in [0.2, 0.25) is 0 Å². The molecule has 4 nitrogen and oxygen atoms in total. The van der Waals surface area contributed by atoms with Crippen LogP contribution in [0.5, 0.6) is 0 Å². The summed E-state index contributed by atoms with van der Waals surface area (Å²) in [4.78, 5) is 8.66. The minimum atomic E-state index is 0.234. The van der Waals surface area contributed by atoms with E-state index in [1.54, 1.807) is 0 Å². The number of aromatic nitrogens is 3. The van der Waals surface area contributed by atoms with Gasteiger partial charge in [0.2, 0.25) is 0 Å². The van der Waals surface area contributed by atoms with Gasteiger partial charge in [-0.25, -0.2) is 4.98 Å². The molecular weight excluding hydrogens is 212 g/mol. The zero-order valence-corrected chi connectivity index (χ0v) is 10.3. The Kier molecular flexibility index (Phi) is 3.88. The normalized spacial score (nSPS) is 12.6. The number of nitrogens with one attached hydrogen (secondary N) is 1. The summed E-state index contributed by atoms with van der Waals surface area (Å²) in [6.07, 6.45) is 5.66. The highest BCUT2D eigenvalue weighted by atomic mass is 15.1. The molecule has 0 unspecified atom stereocenters. The zero-order chi connectivity index (χ0) is 12.1. The molecular formula is C13H18N4. The summed E-state index contributed by atoms with van der Waals surface area (Å²) in [5.74, 6) is 1.07. The van der Waals surface area contributed by atoms with Crippen LogP contribution in [0.3, 0.4) is 0 Å². The van der Waals surface area contributed by atoms with Crippen LogP contribution in [0.4, 0.5) is 0 Å². The lowest BCUT2D eigenvalue weighted by Crippen LogP contribution is -2.21. The van der Waals surface area contributed by atoms with Gasteiger partial charge in [0.25, 0.3) is 0 Å². The van der Waals surface area contributed by atoms with Crippen LogP contribution >= 0.6 is 0 Å². The van der Waals surface area contributed by atoms with E-state index in [0.717, 1.165) is 24.6 Å². The Labute approximate surface area is 102 Å². The van der Waals surface area contributed by atoms with Gasteiger partial charge < -0.3 is 9.88 Å². The van der Waals surface area contributed by atoms with Crippen molar-refractivity contribution in [2.45, 2.75) is 33.0 Å². The third-order valence-electron chi connectivity index (χ3n) is 2.84. The Morgan fingerprint density at radius 3 is 2.88 bits per heavy atom. The molecule has 0 spiro atoms. The molecule has 90 valence electrons. The van der Waals surface area contributed by atoms with Crippen molar-refractivity contribution in [3.63, 3.8) is 0 Å². The summed E-state index contributed by atoms with van der Waals surface area (Å²) in [5.41, 5.74) is 1.06. The van der Waals surface area contributed by atoms with Crippen molar-refractivity contribution in [3.8, 4) is 0 Å². The van der Waals surface area contributed by atoms with Crippen molar-refractivity contribution in [1.82, 2.24) is 19.9 Å². The highest BCUT2D eigenvalue weighted by Crippen LogP contribution is 2.08. The zero-order valence-electron chi connectivity index (χ0n) is 10.3. The molecule has 0 aliphatic heterocycles. The minimum absolute atomic E-state index is 0.234. The quantitative estimate of drug-likeness (QED) is 0.855. The maximum Gasteiger partial charge on any atom is 0.122 e. The first kappa shape index (κ1) is 11.8. The maximum atomic E-state index is 4.33. The van der Waals surface area contributed by atoms with Gasteiger partial charge in [0.15, 0.2) is 0 Å². The summed E-state index contributed by atoms with van der Waals surface area (Å²) in [6.45, 7) is 5.95. The van der Waals surface area contributed by atoms with Crippen LogP contribution in [0.15, 0.2) is 36.8 Å². The van der Waals surface area contributed by atoms with Gasteiger partial charge in [-0.1, -0.05) is 6.07 Å². The van der Waals surface area contributed by atoms with E-state index in [1.807, 2.05) is 36.8 Å². The van der Waals surface area contributed by atoms with Crippen LogP contribution in [-0.4, -0.2) is 14.5 Å². The topological polar surface area (TPSA) is 42.7 Å². The van der Waals surface area contributed by atoms with E-state index in [-0.39, 0.29) is 6.04 Å². The average molecular weight is 230 g/mol. The van der Waals surface area contributed by atoms with Crippen molar-refractivity contribution in [2.75, 3.05) is 0 Å². The van der Waals surface area contributed by atoms with Crippen molar-refractivity contribution in [1.29, 1.82) is 0 Å². The Morgan fingerprint density at radius 1 is 1.29 bits per heavy atom. The molecule has 0 amide bonds. The van der Waals surface area contributed by atoms with Crippen molar-refractivity contribution in [2.24, 2.45) is 0 Å². The lowest BCUT2D eigenvalue weighted by atomic mass is 10.2. The second-order valence-corrected chi connectivity index (χ2v) is 3.99. The van der Waals surface area contributed by atoms with Gasteiger partial charge in [-0.2, -0.15) is 0 Å². The fourth-order valence-corrected chi connectivity index (χ4v) is 1.78. The summed E-state index contributed by atoms with van der Waals surface area (Å²) >= 11 is 0. The average Bonchev–Trinajstić information content (AvgIpc) is 2.84. The molecule has 0 fully saturated rings. The summed E-state index contributed by atoms with van der Waals surface area (Å²) in [5, 5.41) is 3.43. The molecule has 4 heteroatoms. The Hall–Kier alpha value is -1.68. The van der Waals surface area contributed by atoms with Crippen LogP contribution < -0.4 is 5.32 Å². The smallest absolute Gasteiger partial charge is 0.122 e. The molecule has 17 heavy (non-hydrogen) atoms. The fourth-order valence-electron chi connectivity index (χ4n) is 1.78. The Morgan fingerprint density at radius 2 is 2.18 bits per heavy atom. The van der Waals surface area contributed by atoms with Crippen molar-refractivity contribution < 1.29 is 0 Å². The van der Waals surface area contributed by atoms with Gasteiger partial charge in [0.05, 0.1) is 12.2 Å². The van der Waals surface area contributed by atoms with E-state index in [9.17, 15) is 0 Å². The second-order valence-electron chi connectivity index (χ2n) is 3.99. The first-order valence-corrected chi connectivity index (χ1v) is 5.95. The molecule has 2 aromatic heterocycles. The number of nitrogens with zero attached hydrogens (tertiary/aromatic N) is 3. The van der Waals surface area contributed by atoms with E-state index in [1.165, 1.54) is 0 Å². The van der Waals surface area contributed by atoms with Gasteiger partial charge in [0.1, 0.15) is 5.82 Å². The molecule has 1 atom stereocenters. The van der Waals surface area contributed by atoms with Gasteiger partial charge in [-0.3, -0.25) is 4.98 Å². The summed E-state index contributed by atoms with van der Waals surface area (Å²) in [6, 6.07) is 6.20. The van der Waals surface area contributed by atoms with E-state index in [2.05, 4.69) is 33.7 Å². The maximum absolute atomic E-state index is 4.33. The first-order chi connectivity index (χ1) is 8.31. The van der Waals surface area contributed by atoms with E-state index in [4.69, 9.17) is 0 Å². The van der Waals surface area contributed by atoms with Crippen LogP contribution in [0.25, 0.3) is 0 Å². The van der Waals surface area contributed by atoms with E-state index >= 15 is 0 Å². The van der Waals surface area contributed by atoms with Crippen LogP contribution in [0, 0.1) is 0 Å². The van der Waals surface area contributed by atoms with E-state index in [0.29, 0.717) is 0 Å². The second kappa shape index (κ2) is 5.59. The van der Waals surface area contributed by atoms with Gasteiger partial charge in [0, 0.05) is 31.2 Å². The molecule has 0 aliphatic carbocycles. The van der Waals surface area contributed by atoms with Crippen molar-refractivity contribution >= 4 is 0 Å². The molecule has 0 saturated carbocycles. The fraction of sp³-hybridized carbons (Fsp3) is 0.385. The van der Waals surface area contributed by atoms with Gasteiger partial charge in [-0.05, 0) is 26.0 Å². The number of pyridine rings is 1. The van der Waals surface area contributed by atoms with Gasteiger partial charge >= 0.3 is 0 Å². The monoisotopic (exact) mass is 230 g/mol. The molecule has 0 saturated heterocycles. The lowest BCUT2D eigenvalue weighted by Gasteiger charge is -2.13. The SMILES string of the molecule is CCn1ccnc1CN[C@@H](C)c1ccccn1. The number of hydrogen-bond donors (Lipinski definition) is 1. The number of aryl methyl sites for hydroxylation is 1. The lowest BCUT2D eigenvalue weighted by molar-refractivity contribution is 0.531. The molecule has 0 aliphatic rings. The Balaban J connectivity index is 1.95. The molecule has 1 N–H and O–H groups in total. The predicted octanol–water partition coefficient (Wildman–Crippen LogP) is 2.15. The minimum Gasteiger partial charge on any atom is -0.334 e. The number of imidazole rings is 1. The highest BCUT2D eigenvalue weighted by Gasteiger charge is 2.07. The molecule has 2 heterocycles. The van der Waals surface area contributed by atoms with E-state index < -0.39 is 0 Å². The standard InChI is InChI=1S/C13H18N4/c1-3-17-9-8-15-13(17)10-16-11(2)12-6-4-5-7-14-12/h4-9,11,16H,3,10H2,1-2H3/t11-/m0/s1. The molecule has 0 aromatic carbocycles. The molecule has 2 rings (SSSR count). The molecule has 0 bridgehead atoms. The highest BCUT2D eigenvalue weighted by molar-refractivity contribution is 5.07. The molecule has 2 aromatic rings. The number of rotatable bonds is 5. The Bertz CT molecular complexity index is 449. The first-order valence-electron chi connectivity index (χ1n) is 5.95. The largest absolute Gasteiger partial charge is 0.334 e. The summed E-state index contributed by atoms with van der Waals surface area (Å²) < 4.78 is 2.14. The van der Waals surface area contributed by atoms with Crippen LogP contribution in [-0.2, 0) is 13.1 Å². The van der Waals surface area contributed by atoms with Gasteiger partial charge in [-0.15, -0.1) is 0 Å². The van der Waals surface area contributed by atoms with Crippen molar-refractivity contribution in [3.05, 3.63) is 48.3 Å². The third kappa shape index (κ3) is 2.91. The number of hydrogen-bond acceptors (Lipinski definition) is 3. The third-order valence-corrected chi connectivity index (χ3v) is 2.84. The predicted molar refractivity (Wildman–Crippen MR) is 67.4 cm³/mol. The van der Waals surface area contributed by atoms with Crippen LogP contribution in [0.1, 0.15) is 31.4 Å². The summed E-state index contributed by atoms with van der Waals surface area (Å²) in [7, 11) is 0. The molecule has 0 radical (unpaired) electrons.